The van der Waals surface area contributed by atoms with E-state index in [9.17, 15) is 13.6 Å². The SMILES string of the molecule is COC(=O)Cc1ncc(C(F)F)c(N)c1C. The number of aromatic nitrogens is 1. The molecule has 4 nitrogen and oxygen atoms in total. The fraction of sp³-hybridized carbons (Fsp3) is 0.400. The van der Waals surface area contributed by atoms with Gasteiger partial charge in [-0.1, -0.05) is 0 Å². The lowest BCUT2D eigenvalue weighted by Gasteiger charge is -2.10. The molecule has 1 aromatic heterocycles. The zero-order valence-corrected chi connectivity index (χ0v) is 8.96. The van der Waals surface area contributed by atoms with E-state index in [1.54, 1.807) is 6.92 Å². The molecule has 0 saturated carbocycles. The topological polar surface area (TPSA) is 65.2 Å². The molecule has 0 aromatic carbocycles. The van der Waals surface area contributed by atoms with Gasteiger partial charge in [0, 0.05) is 11.9 Å². The second kappa shape index (κ2) is 4.87. The predicted octanol–water partition coefficient (Wildman–Crippen LogP) is 1.63. The van der Waals surface area contributed by atoms with Crippen LogP contribution in [0, 0.1) is 6.92 Å². The maximum Gasteiger partial charge on any atom is 0.311 e. The number of ether oxygens (including phenoxy) is 1. The summed E-state index contributed by atoms with van der Waals surface area (Å²) in [4.78, 5) is 14.8. The number of methoxy groups -OCH3 is 1. The Labute approximate surface area is 91.4 Å². The molecule has 6 heteroatoms. The number of carbonyl (C=O) groups is 1. The molecule has 1 aromatic rings. The first kappa shape index (κ1) is 12.4. The molecule has 16 heavy (non-hydrogen) atoms. The molecule has 0 unspecified atom stereocenters. The van der Waals surface area contributed by atoms with Crippen LogP contribution in [0.25, 0.3) is 0 Å². The van der Waals surface area contributed by atoms with Gasteiger partial charge in [-0.2, -0.15) is 0 Å². The molecule has 2 N–H and O–H groups in total. The summed E-state index contributed by atoms with van der Waals surface area (Å²) < 4.78 is 29.4. The molecule has 0 aliphatic heterocycles. The summed E-state index contributed by atoms with van der Waals surface area (Å²) in [5.41, 5.74) is 5.94. The lowest BCUT2D eigenvalue weighted by molar-refractivity contribution is -0.139. The van der Waals surface area contributed by atoms with Gasteiger partial charge >= 0.3 is 5.97 Å². The Morgan fingerprint density at radius 3 is 2.75 bits per heavy atom. The standard InChI is InChI=1S/C10H12F2N2O2/c1-5-7(3-8(15)16-2)14-4-6(9(5)13)10(11)12/h4,10H,3H2,1-2H3,(H2,13,14). The van der Waals surface area contributed by atoms with Gasteiger partial charge in [0.2, 0.25) is 0 Å². The van der Waals surface area contributed by atoms with Crippen molar-refractivity contribution in [2.75, 3.05) is 12.8 Å². The van der Waals surface area contributed by atoms with Gasteiger partial charge in [-0.05, 0) is 12.5 Å². The van der Waals surface area contributed by atoms with Gasteiger partial charge in [0.1, 0.15) is 0 Å². The summed E-state index contributed by atoms with van der Waals surface area (Å²) in [7, 11) is 1.24. The van der Waals surface area contributed by atoms with Crippen LogP contribution in [0.1, 0.15) is 23.2 Å². The van der Waals surface area contributed by atoms with Crippen molar-refractivity contribution in [1.29, 1.82) is 0 Å². The van der Waals surface area contributed by atoms with Crippen LogP contribution in [0.4, 0.5) is 14.5 Å². The first-order valence-electron chi connectivity index (χ1n) is 4.56. The molecular formula is C10H12F2N2O2. The number of anilines is 1. The first-order valence-corrected chi connectivity index (χ1v) is 4.56. The highest BCUT2D eigenvalue weighted by Crippen LogP contribution is 2.28. The Bertz CT molecular complexity index is 408. The van der Waals surface area contributed by atoms with Crippen molar-refractivity contribution in [1.82, 2.24) is 4.98 Å². The molecule has 0 spiro atoms. The van der Waals surface area contributed by atoms with Gasteiger partial charge in [-0.25, -0.2) is 8.78 Å². The fourth-order valence-corrected chi connectivity index (χ4v) is 1.25. The number of rotatable bonds is 3. The summed E-state index contributed by atoms with van der Waals surface area (Å²) in [5.74, 6) is -0.486. The molecule has 0 aliphatic rings. The van der Waals surface area contributed by atoms with E-state index in [1.807, 2.05) is 0 Å². The second-order valence-corrected chi connectivity index (χ2v) is 3.25. The third-order valence-electron chi connectivity index (χ3n) is 2.28. The van der Waals surface area contributed by atoms with Gasteiger partial charge in [-0.15, -0.1) is 0 Å². The van der Waals surface area contributed by atoms with Gasteiger partial charge in [0.05, 0.1) is 24.8 Å². The van der Waals surface area contributed by atoms with Crippen LogP contribution in [-0.2, 0) is 16.0 Å². The van der Waals surface area contributed by atoms with Crippen LogP contribution in [0.3, 0.4) is 0 Å². The Morgan fingerprint density at radius 1 is 1.62 bits per heavy atom. The molecule has 0 atom stereocenters. The number of esters is 1. The molecule has 0 saturated heterocycles. The summed E-state index contributed by atoms with van der Waals surface area (Å²) in [6.45, 7) is 1.55. The van der Waals surface area contributed by atoms with Crippen molar-refractivity contribution in [3.63, 3.8) is 0 Å². The number of halogens is 2. The Kier molecular flexibility index (Phi) is 3.76. The number of nitrogens with zero attached hydrogens (tertiary/aromatic N) is 1. The third-order valence-corrected chi connectivity index (χ3v) is 2.28. The van der Waals surface area contributed by atoms with E-state index in [0.717, 1.165) is 6.20 Å². The van der Waals surface area contributed by atoms with Gasteiger partial charge in [0.25, 0.3) is 6.43 Å². The third kappa shape index (κ3) is 2.44. The highest BCUT2D eigenvalue weighted by Gasteiger charge is 2.17. The second-order valence-electron chi connectivity index (χ2n) is 3.25. The van der Waals surface area contributed by atoms with E-state index in [4.69, 9.17) is 5.73 Å². The minimum atomic E-state index is -2.67. The summed E-state index contributed by atoms with van der Waals surface area (Å²) in [5, 5.41) is 0. The lowest BCUT2D eigenvalue weighted by Crippen LogP contribution is -2.10. The minimum Gasteiger partial charge on any atom is -0.469 e. The quantitative estimate of drug-likeness (QED) is 0.801. The summed E-state index contributed by atoms with van der Waals surface area (Å²) in [6.07, 6.45) is -1.75. The molecule has 0 amide bonds. The van der Waals surface area contributed by atoms with Crippen molar-refractivity contribution in [3.05, 3.63) is 23.0 Å². The highest BCUT2D eigenvalue weighted by atomic mass is 19.3. The van der Waals surface area contributed by atoms with Crippen molar-refractivity contribution >= 4 is 11.7 Å². The smallest absolute Gasteiger partial charge is 0.311 e. The first-order chi connectivity index (χ1) is 7.47. The molecule has 0 fully saturated rings. The minimum absolute atomic E-state index is 0.0242. The van der Waals surface area contributed by atoms with Crippen LogP contribution in [0.5, 0.6) is 0 Å². The van der Waals surface area contributed by atoms with E-state index in [0.29, 0.717) is 11.3 Å². The zero-order chi connectivity index (χ0) is 12.3. The van der Waals surface area contributed by atoms with E-state index in [2.05, 4.69) is 9.72 Å². The zero-order valence-electron chi connectivity index (χ0n) is 8.96. The molecule has 88 valence electrons. The maximum absolute atomic E-state index is 12.5. The number of hydrogen-bond acceptors (Lipinski definition) is 4. The summed E-state index contributed by atoms with van der Waals surface area (Å²) >= 11 is 0. The van der Waals surface area contributed by atoms with Gasteiger partial charge in [-0.3, -0.25) is 9.78 Å². The normalized spacial score (nSPS) is 10.6. The Hall–Kier alpha value is -1.72. The average molecular weight is 230 g/mol. The number of hydrogen-bond donors (Lipinski definition) is 1. The van der Waals surface area contributed by atoms with Crippen LogP contribution >= 0.6 is 0 Å². The van der Waals surface area contributed by atoms with Crippen molar-refractivity contribution in [2.24, 2.45) is 0 Å². The number of alkyl halides is 2. The Morgan fingerprint density at radius 2 is 2.25 bits per heavy atom. The molecule has 0 radical (unpaired) electrons. The number of pyridine rings is 1. The van der Waals surface area contributed by atoms with Crippen LogP contribution < -0.4 is 5.73 Å². The molecule has 0 bridgehead atoms. The van der Waals surface area contributed by atoms with Gasteiger partial charge < -0.3 is 10.5 Å². The molecule has 1 rings (SSSR count). The van der Waals surface area contributed by atoms with E-state index in [-0.39, 0.29) is 17.7 Å². The average Bonchev–Trinajstić information content (AvgIpc) is 2.24. The van der Waals surface area contributed by atoms with Crippen molar-refractivity contribution in [2.45, 2.75) is 19.8 Å². The monoisotopic (exact) mass is 230 g/mol. The van der Waals surface area contributed by atoms with Crippen LogP contribution in [-0.4, -0.2) is 18.1 Å². The summed E-state index contributed by atoms with van der Waals surface area (Å²) in [6, 6.07) is 0. The molecular weight excluding hydrogens is 218 g/mol. The van der Waals surface area contributed by atoms with E-state index < -0.39 is 12.4 Å². The van der Waals surface area contributed by atoms with Crippen LogP contribution in [0.2, 0.25) is 0 Å². The van der Waals surface area contributed by atoms with E-state index >= 15 is 0 Å². The molecule has 0 aliphatic carbocycles. The number of nitrogen functional groups attached to an aromatic ring is 1. The lowest BCUT2D eigenvalue weighted by atomic mass is 10.1. The van der Waals surface area contributed by atoms with Gasteiger partial charge in [0.15, 0.2) is 0 Å². The highest BCUT2D eigenvalue weighted by molar-refractivity contribution is 5.73. The number of nitrogens with two attached hydrogens (primary N) is 1. The largest absolute Gasteiger partial charge is 0.469 e. The van der Waals surface area contributed by atoms with E-state index in [1.165, 1.54) is 7.11 Å². The van der Waals surface area contributed by atoms with Crippen molar-refractivity contribution in [3.8, 4) is 0 Å². The molecule has 1 heterocycles. The maximum atomic E-state index is 12.5. The number of carbonyl (C=O) groups excluding carboxylic acids is 1. The predicted molar refractivity (Wildman–Crippen MR) is 54.1 cm³/mol. The van der Waals surface area contributed by atoms with Crippen LogP contribution in [0.15, 0.2) is 6.20 Å². The fourth-order valence-electron chi connectivity index (χ4n) is 1.25. The van der Waals surface area contributed by atoms with Crippen molar-refractivity contribution < 1.29 is 18.3 Å². The Balaban J connectivity index is 3.07.